The largest absolute Gasteiger partial charge is 0.309 e. The van der Waals surface area contributed by atoms with Gasteiger partial charge in [0.15, 0.2) is 5.82 Å². The van der Waals surface area contributed by atoms with Crippen molar-refractivity contribution in [3.8, 4) is 11.3 Å². The summed E-state index contributed by atoms with van der Waals surface area (Å²) >= 11 is 3.48. The Bertz CT molecular complexity index is 1300. The number of carbonyl (C=O) groups excluding carboxylic acids is 1. The van der Waals surface area contributed by atoms with E-state index < -0.39 is 0 Å². The number of hydrogen-bond donors (Lipinski definition) is 1. The number of amides is 1. The second-order valence-electron chi connectivity index (χ2n) is 11.9. The van der Waals surface area contributed by atoms with Gasteiger partial charge in [-0.25, -0.2) is 9.97 Å². The normalized spacial score (nSPS) is 27.4. The van der Waals surface area contributed by atoms with E-state index in [-0.39, 0.29) is 5.91 Å². The summed E-state index contributed by atoms with van der Waals surface area (Å²) in [6.45, 7) is 0. The first-order valence-corrected chi connectivity index (χ1v) is 14.3. The number of benzene rings is 2. The molecule has 0 saturated heterocycles. The van der Waals surface area contributed by atoms with Crippen molar-refractivity contribution in [1.29, 1.82) is 0 Å². The lowest BCUT2D eigenvalue weighted by atomic mass is 9.48. The molecular weight excluding hydrogens is 510 g/mol. The Balaban J connectivity index is 1.24. The van der Waals surface area contributed by atoms with E-state index in [4.69, 9.17) is 9.97 Å². The summed E-state index contributed by atoms with van der Waals surface area (Å²) in [4.78, 5) is 23.6. The van der Waals surface area contributed by atoms with E-state index in [0.29, 0.717) is 17.7 Å². The van der Waals surface area contributed by atoms with Gasteiger partial charge in [0, 0.05) is 10.0 Å². The molecule has 1 N–H and O–H groups in total. The summed E-state index contributed by atoms with van der Waals surface area (Å²) in [6, 6.07) is 16.6. The number of aryl methyl sites for hydroxylation is 2. The Morgan fingerprint density at radius 3 is 2.33 bits per heavy atom. The smallest absolute Gasteiger partial charge is 0.229 e. The van der Waals surface area contributed by atoms with Gasteiger partial charge in [-0.05, 0) is 104 Å². The molecule has 5 aliphatic carbocycles. The van der Waals surface area contributed by atoms with Gasteiger partial charge in [0.2, 0.25) is 5.91 Å². The van der Waals surface area contributed by atoms with Crippen molar-refractivity contribution in [2.24, 2.45) is 23.2 Å². The zero-order chi connectivity index (χ0) is 24.3. The molecule has 8 rings (SSSR count). The highest BCUT2D eigenvalue weighted by Crippen LogP contribution is 2.61. The molecule has 0 spiro atoms. The number of nitrogens with one attached hydrogen (secondary N) is 1. The van der Waals surface area contributed by atoms with E-state index in [2.05, 4.69) is 45.5 Å². The van der Waals surface area contributed by atoms with Crippen LogP contribution < -0.4 is 5.32 Å². The van der Waals surface area contributed by atoms with Crippen molar-refractivity contribution >= 4 is 27.7 Å². The number of rotatable bonds is 5. The third kappa shape index (κ3) is 4.19. The first-order valence-electron chi connectivity index (χ1n) is 13.5. The quantitative estimate of drug-likeness (QED) is 0.380. The van der Waals surface area contributed by atoms with Crippen LogP contribution in [0.5, 0.6) is 0 Å². The van der Waals surface area contributed by atoms with Crippen LogP contribution in [0.15, 0.2) is 53.0 Å². The van der Waals surface area contributed by atoms with Gasteiger partial charge >= 0.3 is 0 Å². The van der Waals surface area contributed by atoms with E-state index in [1.54, 1.807) is 0 Å². The summed E-state index contributed by atoms with van der Waals surface area (Å²) in [5.41, 5.74) is 6.94. The zero-order valence-corrected chi connectivity index (χ0v) is 22.2. The van der Waals surface area contributed by atoms with Crippen molar-refractivity contribution in [3.63, 3.8) is 0 Å². The Kier molecular flexibility index (Phi) is 5.53. The Hall–Kier alpha value is -2.53. The molecule has 36 heavy (non-hydrogen) atoms. The highest BCUT2D eigenvalue weighted by Gasteiger charge is 2.51. The second kappa shape index (κ2) is 8.79. The zero-order valence-electron chi connectivity index (χ0n) is 20.6. The molecule has 4 bridgehead atoms. The summed E-state index contributed by atoms with van der Waals surface area (Å²) in [5, 5.41) is 3.21. The first kappa shape index (κ1) is 22.7. The molecule has 3 aromatic rings. The van der Waals surface area contributed by atoms with Crippen LogP contribution in [0, 0.1) is 23.2 Å². The fourth-order valence-corrected chi connectivity index (χ4v) is 8.43. The van der Waals surface area contributed by atoms with Gasteiger partial charge in [-0.3, -0.25) is 4.79 Å². The predicted octanol–water partition coefficient (Wildman–Crippen LogP) is 6.94. The monoisotopic (exact) mass is 541 g/mol. The molecule has 0 aliphatic heterocycles. The lowest BCUT2D eigenvalue weighted by Crippen LogP contribution is -2.47. The number of hydrogen-bond acceptors (Lipinski definition) is 3. The minimum Gasteiger partial charge on any atom is -0.309 e. The molecule has 4 saturated carbocycles. The van der Waals surface area contributed by atoms with Crippen molar-refractivity contribution < 1.29 is 4.79 Å². The van der Waals surface area contributed by atoms with E-state index in [9.17, 15) is 4.79 Å². The Morgan fingerprint density at radius 1 is 0.917 bits per heavy atom. The number of fused-ring (bicyclic) bond motifs is 3. The number of halogens is 1. The molecule has 1 aromatic heterocycles. The number of carbonyl (C=O) groups is 1. The number of anilines is 1. The Morgan fingerprint density at radius 2 is 1.61 bits per heavy atom. The summed E-state index contributed by atoms with van der Waals surface area (Å²) < 4.78 is 1.02. The van der Waals surface area contributed by atoms with Crippen molar-refractivity contribution in [1.82, 2.24) is 9.97 Å². The average Bonchev–Trinajstić information content (AvgIpc) is 2.85. The van der Waals surface area contributed by atoms with Gasteiger partial charge < -0.3 is 5.32 Å². The summed E-state index contributed by atoms with van der Waals surface area (Å²) in [5.74, 6) is 3.34. The molecule has 1 amide bonds. The maximum Gasteiger partial charge on any atom is 0.229 e. The second-order valence-corrected chi connectivity index (χ2v) is 12.8. The van der Waals surface area contributed by atoms with Crippen LogP contribution in [0.25, 0.3) is 11.3 Å². The average molecular weight is 543 g/mol. The molecule has 5 heteroatoms. The standard InChI is InChI=1S/C31H32BrN3O/c32-24-8-5-19(6-9-24)14-28(36)35-30-27(18-31-15-20-11-21(16-31)13-22(12-20)17-31)33-29-25-4-2-1-3-23(25)7-10-26(29)34-30/h1-6,8-9,20-22H,7,10-18H2,(H,34,35,36). The van der Waals surface area contributed by atoms with Gasteiger partial charge in [-0.2, -0.15) is 0 Å². The molecule has 0 unspecified atom stereocenters. The number of aromatic nitrogens is 2. The maximum atomic E-state index is 13.2. The van der Waals surface area contributed by atoms with E-state index >= 15 is 0 Å². The molecule has 2 aromatic carbocycles. The fourth-order valence-electron chi connectivity index (χ4n) is 8.17. The predicted molar refractivity (Wildman–Crippen MR) is 146 cm³/mol. The molecule has 1 heterocycles. The maximum absolute atomic E-state index is 13.2. The van der Waals surface area contributed by atoms with Crippen LogP contribution in [0.1, 0.15) is 61.0 Å². The highest BCUT2D eigenvalue weighted by atomic mass is 79.9. The van der Waals surface area contributed by atoms with E-state index in [0.717, 1.165) is 64.1 Å². The van der Waals surface area contributed by atoms with E-state index in [1.807, 2.05) is 24.3 Å². The van der Waals surface area contributed by atoms with Crippen molar-refractivity contribution in [3.05, 3.63) is 75.5 Å². The molecule has 5 aliphatic rings. The minimum absolute atomic E-state index is 0.0189. The van der Waals surface area contributed by atoms with Crippen LogP contribution in [0.3, 0.4) is 0 Å². The van der Waals surface area contributed by atoms with Gasteiger partial charge in [0.25, 0.3) is 0 Å². The van der Waals surface area contributed by atoms with Crippen LogP contribution in [0.2, 0.25) is 0 Å². The van der Waals surface area contributed by atoms with Crippen molar-refractivity contribution in [2.45, 2.75) is 64.2 Å². The molecule has 184 valence electrons. The SMILES string of the molecule is O=C(Cc1ccc(Br)cc1)Nc1nc2c(nc1CC13CC4CC(CC(C4)C1)C3)-c1ccccc1CC2. The Labute approximate surface area is 221 Å². The van der Waals surface area contributed by atoms with Gasteiger partial charge in [0.05, 0.1) is 23.5 Å². The topological polar surface area (TPSA) is 54.9 Å². The van der Waals surface area contributed by atoms with Gasteiger partial charge in [0.1, 0.15) is 0 Å². The highest BCUT2D eigenvalue weighted by molar-refractivity contribution is 9.10. The van der Waals surface area contributed by atoms with Crippen LogP contribution in [-0.2, 0) is 30.5 Å². The third-order valence-electron chi connectivity index (χ3n) is 9.19. The number of nitrogens with zero attached hydrogens (tertiary/aromatic N) is 2. The molecular formula is C31H32BrN3O. The summed E-state index contributed by atoms with van der Waals surface area (Å²) in [7, 11) is 0. The molecule has 4 fully saturated rings. The third-order valence-corrected chi connectivity index (χ3v) is 9.72. The van der Waals surface area contributed by atoms with Crippen molar-refractivity contribution in [2.75, 3.05) is 5.32 Å². The lowest BCUT2D eigenvalue weighted by molar-refractivity contribution is -0.115. The minimum atomic E-state index is -0.0189. The fraction of sp³-hybridized carbons (Fsp3) is 0.452. The van der Waals surface area contributed by atoms with E-state index in [1.165, 1.54) is 49.7 Å². The van der Waals surface area contributed by atoms with Gasteiger partial charge in [-0.15, -0.1) is 0 Å². The van der Waals surface area contributed by atoms with Gasteiger partial charge in [-0.1, -0.05) is 52.3 Å². The first-order chi connectivity index (χ1) is 17.5. The molecule has 4 nitrogen and oxygen atoms in total. The van der Waals surface area contributed by atoms with Crippen LogP contribution >= 0.6 is 15.9 Å². The summed E-state index contributed by atoms with van der Waals surface area (Å²) in [6.07, 6.45) is 11.4. The molecule has 0 atom stereocenters. The lowest BCUT2D eigenvalue weighted by Gasteiger charge is -2.57. The molecule has 0 radical (unpaired) electrons. The van der Waals surface area contributed by atoms with Crippen LogP contribution in [-0.4, -0.2) is 15.9 Å². The van der Waals surface area contributed by atoms with Crippen LogP contribution in [0.4, 0.5) is 5.82 Å².